The molecule has 2 heteroatoms. The fourth-order valence-corrected chi connectivity index (χ4v) is 2.69. The molecule has 2 unspecified atom stereocenters. The zero-order chi connectivity index (χ0) is 16.1. The summed E-state index contributed by atoms with van der Waals surface area (Å²) in [7, 11) is 1.61. The van der Waals surface area contributed by atoms with Crippen molar-refractivity contribution in [1.29, 1.82) is 0 Å². The van der Waals surface area contributed by atoms with Crippen molar-refractivity contribution in [3.05, 3.63) is 70.8 Å². The van der Waals surface area contributed by atoms with E-state index in [1.54, 1.807) is 7.11 Å². The van der Waals surface area contributed by atoms with Crippen molar-refractivity contribution in [2.75, 3.05) is 7.11 Å². The van der Waals surface area contributed by atoms with Crippen molar-refractivity contribution >= 4 is 5.71 Å². The van der Waals surface area contributed by atoms with E-state index in [0.29, 0.717) is 0 Å². The summed E-state index contributed by atoms with van der Waals surface area (Å²) in [4.78, 5) is 5.12. The van der Waals surface area contributed by atoms with Gasteiger partial charge in [0.1, 0.15) is 7.11 Å². The Hall–Kier alpha value is -2.09. The average molecular weight is 295 g/mol. The number of aryl methyl sites for hydroxylation is 2. The molecule has 0 spiro atoms. The normalized spacial score (nSPS) is 13.3. The molecule has 0 N–H and O–H groups in total. The molecule has 0 amide bonds. The van der Waals surface area contributed by atoms with Crippen molar-refractivity contribution in [3.8, 4) is 0 Å². The number of hydrogen-bond acceptors (Lipinski definition) is 2. The van der Waals surface area contributed by atoms with Crippen LogP contribution in [-0.2, 0) is 4.84 Å². The first-order valence-corrected chi connectivity index (χ1v) is 7.77. The van der Waals surface area contributed by atoms with Gasteiger partial charge in [-0.15, -0.1) is 0 Å². The van der Waals surface area contributed by atoms with Crippen LogP contribution in [0.25, 0.3) is 0 Å². The van der Waals surface area contributed by atoms with Gasteiger partial charge in [0, 0.05) is 11.8 Å². The zero-order valence-electron chi connectivity index (χ0n) is 14.1. The minimum absolute atomic E-state index is 0.219. The van der Waals surface area contributed by atoms with E-state index in [0.717, 1.165) is 5.71 Å². The van der Waals surface area contributed by atoms with Crippen molar-refractivity contribution < 1.29 is 4.84 Å². The van der Waals surface area contributed by atoms with Gasteiger partial charge in [0.2, 0.25) is 0 Å². The highest BCUT2D eigenvalue weighted by Gasteiger charge is 2.21. The number of benzene rings is 2. The molecule has 0 fully saturated rings. The zero-order valence-corrected chi connectivity index (χ0v) is 14.1. The van der Waals surface area contributed by atoms with E-state index in [1.165, 1.54) is 22.3 Å². The Morgan fingerprint density at radius 2 is 1.14 bits per heavy atom. The lowest BCUT2D eigenvalue weighted by atomic mass is 9.85. The smallest absolute Gasteiger partial charge is 0.106 e. The Kier molecular flexibility index (Phi) is 5.37. The van der Waals surface area contributed by atoms with Gasteiger partial charge in [-0.05, 0) is 25.0 Å². The molecule has 0 radical (unpaired) electrons. The standard InChI is InChI=1S/C20H25NO/c1-14-6-10-18(11-7-14)16(3)20(21-22-5)17(4)19-12-8-15(2)9-13-19/h6-13,16-17H,1-5H3. The van der Waals surface area contributed by atoms with Crippen LogP contribution in [0.5, 0.6) is 0 Å². The van der Waals surface area contributed by atoms with Gasteiger partial charge < -0.3 is 4.84 Å². The van der Waals surface area contributed by atoms with Gasteiger partial charge >= 0.3 is 0 Å². The first-order chi connectivity index (χ1) is 10.5. The quantitative estimate of drug-likeness (QED) is 0.548. The van der Waals surface area contributed by atoms with Crippen LogP contribution in [-0.4, -0.2) is 12.8 Å². The molecule has 0 heterocycles. The van der Waals surface area contributed by atoms with Crippen LogP contribution >= 0.6 is 0 Å². The van der Waals surface area contributed by atoms with Crippen LogP contribution in [0.1, 0.15) is 47.9 Å². The molecule has 2 nitrogen and oxygen atoms in total. The summed E-state index contributed by atoms with van der Waals surface area (Å²) < 4.78 is 0. The minimum Gasteiger partial charge on any atom is -0.399 e. The first-order valence-electron chi connectivity index (χ1n) is 7.77. The third kappa shape index (κ3) is 3.76. The molecular formula is C20H25NO. The maximum atomic E-state index is 5.12. The van der Waals surface area contributed by atoms with Crippen LogP contribution in [0.15, 0.2) is 53.7 Å². The number of rotatable bonds is 5. The largest absolute Gasteiger partial charge is 0.399 e. The van der Waals surface area contributed by atoms with Crippen LogP contribution in [0.3, 0.4) is 0 Å². The second kappa shape index (κ2) is 7.26. The van der Waals surface area contributed by atoms with Gasteiger partial charge in [-0.1, -0.05) is 78.7 Å². The highest BCUT2D eigenvalue weighted by atomic mass is 16.6. The van der Waals surface area contributed by atoms with Crippen LogP contribution in [0.2, 0.25) is 0 Å². The summed E-state index contributed by atoms with van der Waals surface area (Å²) in [6, 6.07) is 17.3. The number of oxime groups is 1. The molecule has 0 aliphatic rings. The number of nitrogens with zero attached hydrogens (tertiary/aromatic N) is 1. The first kappa shape index (κ1) is 16.3. The second-order valence-electron chi connectivity index (χ2n) is 5.96. The van der Waals surface area contributed by atoms with Gasteiger partial charge in [-0.2, -0.15) is 0 Å². The summed E-state index contributed by atoms with van der Waals surface area (Å²) >= 11 is 0. The van der Waals surface area contributed by atoms with Crippen molar-refractivity contribution in [2.45, 2.75) is 39.5 Å². The molecule has 2 aromatic carbocycles. The predicted octanol–water partition coefficient (Wildman–Crippen LogP) is 5.21. The van der Waals surface area contributed by atoms with Crippen LogP contribution in [0, 0.1) is 13.8 Å². The molecule has 0 bridgehead atoms. The SMILES string of the molecule is CON=C(C(C)c1ccc(C)cc1)C(C)c1ccc(C)cc1. The van der Waals surface area contributed by atoms with Gasteiger partial charge in [0.15, 0.2) is 0 Å². The molecule has 22 heavy (non-hydrogen) atoms. The molecule has 2 rings (SSSR count). The molecule has 0 saturated heterocycles. The third-order valence-electron chi connectivity index (χ3n) is 4.24. The van der Waals surface area contributed by atoms with Gasteiger partial charge in [-0.25, -0.2) is 0 Å². The lowest BCUT2D eigenvalue weighted by Gasteiger charge is -2.21. The Labute approximate surface area is 133 Å². The van der Waals surface area contributed by atoms with E-state index < -0.39 is 0 Å². The van der Waals surface area contributed by atoms with E-state index in [-0.39, 0.29) is 11.8 Å². The Bertz CT molecular complexity index is 572. The van der Waals surface area contributed by atoms with Crippen LogP contribution in [0.4, 0.5) is 0 Å². The number of hydrogen-bond donors (Lipinski definition) is 0. The topological polar surface area (TPSA) is 21.6 Å². The highest BCUT2D eigenvalue weighted by molar-refractivity contribution is 5.95. The molecule has 116 valence electrons. The van der Waals surface area contributed by atoms with Gasteiger partial charge in [0.05, 0.1) is 5.71 Å². The maximum Gasteiger partial charge on any atom is 0.106 e. The van der Waals surface area contributed by atoms with E-state index in [4.69, 9.17) is 4.84 Å². The summed E-state index contributed by atoms with van der Waals surface area (Å²) in [5, 5.41) is 4.34. The molecule has 0 aliphatic heterocycles. The summed E-state index contributed by atoms with van der Waals surface area (Å²) in [5.41, 5.74) is 6.12. The van der Waals surface area contributed by atoms with Crippen molar-refractivity contribution in [2.24, 2.45) is 5.16 Å². The Balaban J connectivity index is 2.31. The van der Waals surface area contributed by atoms with Crippen molar-refractivity contribution in [1.82, 2.24) is 0 Å². The van der Waals surface area contributed by atoms with E-state index in [2.05, 4.69) is 81.4 Å². The molecule has 0 saturated carbocycles. The van der Waals surface area contributed by atoms with Gasteiger partial charge in [0.25, 0.3) is 0 Å². The van der Waals surface area contributed by atoms with Crippen LogP contribution < -0.4 is 0 Å². The van der Waals surface area contributed by atoms with E-state index in [1.807, 2.05) is 0 Å². The van der Waals surface area contributed by atoms with Gasteiger partial charge in [-0.3, -0.25) is 0 Å². The average Bonchev–Trinajstić information content (AvgIpc) is 2.53. The highest BCUT2D eigenvalue weighted by Crippen LogP contribution is 2.28. The molecular weight excluding hydrogens is 270 g/mol. The molecule has 0 aromatic heterocycles. The lowest BCUT2D eigenvalue weighted by Crippen LogP contribution is -2.17. The Morgan fingerprint density at radius 1 is 0.773 bits per heavy atom. The van der Waals surface area contributed by atoms with Crippen molar-refractivity contribution in [3.63, 3.8) is 0 Å². The minimum atomic E-state index is 0.219. The third-order valence-corrected chi connectivity index (χ3v) is 4.24. The maximum absolute atomic E-state index is 5.12. The summed E-state index contributed by atoms with van der Waals surface area (Å²) in [6.07, 6.45) is 0. The van der Waals surface area contributed by atoms with E-state index in [9.17, 15) is 0 Å². The molecule has 2 atom stereocenters. The summed E-state index contributed by atoms with van der Waals surface area (Å²) in [5.74, 6) is 0.439. The lowest BCUT2D eigenvalue weighted by molar-refractivity contribution is 0.210. The fourth-order valence-electron chi connectivity index (χ4n) is 2.69. The fraction of sp³-hybridized carbons (Fsp3) is 0.350. The second-order valence-corrected chi connectivity index (χ2v) is 5.96. The predicted molar refractivity (Wildman–Crippen MR) is 93.6 cm³/mol. The molecule has 0 aliphatic carbocycles. The van der Waals surface area contributed by atoms with E-state index >= 15 is 0 Å². The molecule has 2 aromatic rings. The summed E-state index contributed by atoms with van der Waals surface area (Å²) in [6.45, 7) is 8.58. The monoisotopic (exact) mass is 295 g/mol. The Morgan fingerprint density at radius 3 is 1.45 bits per heavy atom.